The van der Waals surface area contributed by atoms with E-state index in [-0.39, 0.29) is 6.10 Å². The van der Waals surface area contributed by atoms with Gasteiger partial charge in [-0.1, -0.05) is 30.3 Å². The van der Waals surface area contributed by atoms with Crippen LogP contribution in [-0.2, 0) is 6.42 Å². The van der Waals surface area contributed by atoms with E-state index in [1.807, 2.05) is 18.2 Å². The van der Waals surface area contributed by atoms with Crippen LogP contribution in [0.3, 0.4) is 0 Å². The van der Waals surface area contributed by atoms with Crippen molar-refractivity contribution in [1.29, 1.82) is 0 Å². The SMILES string of the molecule is NC[C@H](O)CCc1ccccc1. The van der Waals surface area contributed by atoms with Gasteiger partial charge in [0.1, 0.15) is 0 Å². The molecule has 3 N–H and O–H groups in total. The molecule has 0 aliphatic carbocycles. The second-order valence-electron chi connectivity index (χ2n) is 2.91. The molecule has 0 heterocycles. The zero-order chi connectivity index (χ0) is 8.81. The average molecular weight is 165 g/mol. The van der Waals surface area contributed by atoms with Gasteiger partial charge >= 0.3 is 0 Å². The maximum Gasteiger partial charge on any atom is 0.0665 e. The predicted molar refractivity (Wildman–Crippen MR) is 49.8 cm³/mol. The van der Waals surface area contributed by atoms with Gasteiger partial charge in [-0.05, 0) is 18.4 Å². The largest absolute Gasteiger partial charge is 0.392 e. The third-order valence-corrected chi connectivity index (χ3v) is 1.88. The Bertz CT molecular complexity index is 210. The molecule has 66 valence electrons. The third kappa shape index (κ3) is 3.03. The monoisotopic (exact) mass is 165 g/mol. The highest BCUT2D eigenvalue weighted by Crippen LogP contribution is 2.03. The molecule has 1 aromatic carbocycles. The molecule has 0 saturated heterocycles. The smallest absolute Gasteiger partial charge is 0.0665 e. The van der Waals surface area contributed by atoms with E-state index in [0.29, 0.717) is 6.54 Å². The molecule has 12 heavy (non-hydrogen) atoms. The van der Waals surface area contributed by atoms with E-state index in [1.165, 1.54) is 5.56 Å². The first-order valence-electron chi connectivity index (χ1n) is 4.25. The Balaban J connectivity index is 2.33. The van der Waals surface area contributed by atoms with Crippen molar-refractivity contribution in [3.05, 3.63) is 35.9 Å². The van der Waals surface area contributed by atoms with E-state index in [1.54, 1.807) is 0 Å². The van der Waals surface area contributed by atoms with Gasteiger partial charge in [-0.15, -0.1) is 0 Å². The van der Waals surface area contributed by atoms with E-state index in [2.05, 4.69) is 12.1 Å². The molecule has 0 aliphatic rings. The molecular formula is C10H15NO. The Labute approximate surface area is 73.0 Å². The normalized spacial score (nSPS) is 12.8. The summed E-state index contributed by atoms with van der Waals surface area (Å²) in [6.45, 7) is 0.354. The first-order valence-corrected chi connectivity index (χ1v) is 4.25. The summed E-state index contributed by atoms with van der Waals surface area (Å²) in [6.07, 6.45) is 1.30. The van der Waals surface area contributed by atoms with E-state index in [9.17, 15) is 5.11 Å². The molecule has 0 fully saturated rings. The Morgan fingerprint density at radius 2 is 1.92 bits per heavy atom. The summed E-state index contributed by atoms with van der Waals surface area (Å²) in [5.41, 5.74) is 6.54. The molecule has 0 saturated carbocycles. The van der Waals surface area contributed by atoms with Gasteiger partial charge < -0.3 is 10.8 Å². The van der Waals surface area contributed by atoms with Crippen LogP contribution in [0.2, 0.25) is 0 Å². The van der Waals surface area contributed by atoms with Gasteiger partial charge in [-0.25, -0.2) is 0 Å². The highest BCUT2D eigenvalue weighted by molar-refractivity contribution is 5.14. The molecule has 1 aromatic rings. The van der Waals surface area contributed by atoms with E-state index in [0.717, 1.165) is 12.8 Å². The van der Waals surface area contributed by atoms with E-state index in [4.69, 9.17) is 5.73 Å². The molecule has 0 unspecified atom stereocenters. The zero-order valence-electron chi connectivity index (χ0n) is 7.11. The summed E-state index contributed by atoms with van der Waals surface area (Å²) in [5.74, 6) is 0. The van der Waals surface area contributed by atoms with Crippen molar-refractivity contribution >= 4 is 0 Å². The molecule has 1 rings (SSSR count). The molecule has 0 amide bonds. The Hall–Kier alpha value is -0.860. The Kier molecular flexibility index (Phi) is 3.77. The quantitative estimate of drug-likeness (QED) is 0.697. The summed E-state index contributed by atoms with van der Waals surface area (Å²) in [7, 11) is 0. The van der Waals surface area contributed by atoms with Crippen LogP contribution in [-0.4, -0.2) is 17.8 Å². The molecule has 0 radical (unpaired) electrons. The zero-order valence-corrected chi connectivity index (χ0v) is 7.11. The van der Waals surface area contributed by atoms with Crippen molar-refractivity contribution in [3.63, 3.8) is 0 Å². The fraction of sp³-hybridized carbons (Fsp3) is 0.400. The number of aliphatic hydroxyl groups excluding tert-OH is 1. The van der Waals surface area contributed by atoms with Gasteiger partial charge in [0.15, 0.2) is 0 Å². The second-order valence-corrected chi connectivity index (χ2v) is 2.91. The van der Waals surface area contributed by atoms with Crippen LogP contribution in [0.5, 0.6) is 0 Å². The van der Waals surface area contributed by atoms with Crippen molar-refractivity contribution in [2.24, 2.45) is 5.73 Å². The van der Waals surface area contributed by atoms with E-state index >= 15 is 0 Å². The summed E-state index contributed by atoms with van der Waals surface area (Å²) < 4.78 is 0. The first-order chi connectivity index (χ1) is 5.83. The molecule has 0 aliphatic heterocycles. The lowest BCUT2D eigenvalue weighted by Crippen LogP contribution is -2.20. The predicted octanol–water partition coefficient (Wildman–Crippen LogP) is 0.939. The molecule has 0 spiro atoms. The maximum absolute atomic E-state index is 9.19. The lowest BCUT2D eigenvalue weighted by atomic mass is 10.1. The lowest BCUT2D eigenvalue weighted by Gasteiger charge is -2.06. The number of aliphatic hydroxyl groups is 1. The van der Waals surface area contributed by atoms with E-state index < -0.39 is 0 Å². The number of rotatable bonds is 4. The van der Waals surface area contributed by atoms with Crippen LogP contribution in [0.15, 0.2) is 30.3 Å². The van der Waals surface area contributed by atoms with Crippen molar-refractivity contribution in [1.82, 2.24) is 0 Å². The number of nitrogens with two attached hydrogens (primary N) is 1. The van der Waals surface area contributed by atoms with Gasteiger partial charge in [0.05, 0.1) is 6.10 Å². The molecule has 1 atom stereocenters. The molecule has 2 nitrogen and oxygen atoms in total. The topological polar surface area (TPSA) is 46.2 Å². The Morgan fingerprint density at radius 1 is 1.25 bits per heavy atom. The van der Waals surface area contributed by atoms with Crippen LogP contribution in [0, 0.1) is 0 Å². The Morgan fingerprint density at radius 3 is 2.50 bits per heavy atom. The number of hydrogen-bond donors (Lipinski definition) is 2. The minimum absolute atomic E-state index is 0.354. The van der Waals surface area contributed by atoms with Gasteiger partial charge in [-0.2, -0.15) is 0 Å². The van der Waals surface area contributed by atoms with Crippen molar-refractivity contribution < 1.29 is 5.11 Å². The highest BCUT2D eigenvalue weighted by atomic mass is 16.3. The van der Waals surface area contributed by atoms with Crippen LogP contribution in [0.25, 0.3) is 0 Å². The maximum atomic E-state index is 9.19. The molecular weight excluding hydrogens is 150 g/mol. The number of aryl methyl sites for hydroxylation is 1. The standard InChI is InChI=1S/C10H15NO/c11-8-10(12)7-6-9-4-2-1-3-5-9/h1-5,10,12H,6-8,11H2/t10-/m1/s1. The highest BCUT2D eigenvalue weighted by Gasteiger charge is 2.00. The number of hydrogen-bond acceptors (Lipinski definition) is 2. The minimum Gasteiger partial charge on any atom is -0.392 e. The second kappa shape index (κ2) is 4.91. The van der Waals surface area contributed by atoms with Gasteiger partial charge in [0.25, 0.3) is 0 Å². The van der Waals surface area contributed by atoms with Crippen molar-refractivity contribution in [3.8, 4) is 0 Å². The summed E-state index contributed by atoms with van der Waals surface area (Å²) >= 11 is 0. The molecule has 0 bridgehead atoms. The molecule has 2 heteroatoms. The first kappa shape index (κ1) is 9.23. The lowest BCUT2D eigenvalue weighted by molar-refractivity contribution is 0.173. The third-order valence-electron chi connectivity index (χ3n) is 1.88. The fourth-order valence-corrected chi connectivity index (χ4v) is 1.10. The summed E-state index contributed by atoms with van der Waals surface area (Å²) in [5, 5.41) is 9.19. The van der Waals surface area contributed by atoms with Crippen molar-refractivity contribution in [2.45, 2.75) is 18.9 Å². The van der Waals surface area contributed by atoms with Gasteiger partial charge in [0.2, 0.25) is 0 Å². The summed E-state index contributed by atoms with van der Waals surface area (Å²) in [6, 6.07) is 10.1. The molecule has 0 aromatic heterocycles. The van der Waals surface area contributed by atoms with Crippen LogP contribution in [0.1, 0.15) is 12.0 Å². The van der Waals surface area contributed by atoms with Gasteiger partial charge in [-0.3, -0.25) is 0 Å². The van der Waals surface area contributed by atoms with Crippen LogP contribution >= 0.6 is 0 Å². The average Bonchev–Trinajstić information content (AvgIpc) is 2.16. The number of benzene rings is 1. The van der Waals surface area contributed by atoms with Crippen LogP contribution < -0.4 is 5.73 Å². The minimum atomic E-state index is -0.356. The van der Waals surface area contributed by atoms with Crippen LogP contribution in [0.4, 0.5) is 0 Å². The fourth-order valence-electron chi connectivity index (χ4n) is 1.10. The van der Waals surface area contributed by atoms with Gasteiger partial charge in [0, 0.05) is 6.54 Å². The summed E-state index contributed by atoms with van der Waals surface area (Å²) in [4.78, 5) is 0. The van der Waals surface area contributed by atoms with Crippen molar-refractivity contribution in [2.75, 3.05) is 6.54 Å².